The first-order chi connectivity index (χ1) is 7.83. The van der Waals surface area contributed by atoms with Crippen LogP contribution in [-0.4, -0.2) is 27.4 Å². The van der Waals surface area contributed by atoms with Crippen LogP contribution in [0.25, 0.3) is 0 Å². The summed E-state index contributed by atoms with van der Waals surface area (Å²) in [4.78, 5) is 4.10. The molecule has 0 amide bonds. The van der Waals surface area contributed by atoms with Gasteiger partial charge in [-0.25, -0.2) is 0 Å². The van der Waals surface area contributed by atoms with Crippen LogP contribution in [0.5, 0.6) is 5.75 Å². The molecule has 2 aromatic heterocycles. The van der Waals surface area contributed by atoms with Crippen LogP contribution in [0, 0.1) is 0 Å². The van der Waals surface area contributed by atoms with Crippen LogP contribution in [0.4, 0.5) is 0 Å². The van der Waals surface area contributed by atoms with Crippen molar-refractivity contribution in [2.45, 2.75) is 6.10 Å². The summed E-state index contributed by atoms with van der Waals surface area (Å²) in [6, 6.07) is 5.19. The number of aromatic nitrogens is 3. The maximum absolute atomic E-state index is 10.1. The van der Waals surface area contributed by atoms with E-state index in [-0.39, 0.29) is 0 Å². The summed E-state index contributed by atoms with van der Waals surface area (Å²) in [6.07, 6.45) is 3.77. The molecule has 0 saturated heterocycles. The Morgan fingerprint density at radius 1 is 1.25 bits per heavy atom. The Hall–Kier alpha value is -2.01. The molecule has 1 N–H and O–H groups in total. The SMILES string of the molecule is COc1cccnc1C(O)c1ccnnc1. The van der Waals surface area contributed by atoms with Crippen molar-refractivity contribution in [2.24, 2.45) is 0 Å². The molecule has 0 aliphatic rings. The number of hydrogen-bond acceptors (Lipinski definition) is 5. The lowest BCUT2D eigenvalue weighted by atomic mass is 10.1. The Labute approximate surface area is 92.8 Å². The molecular weight excluding hydrogens is 206 g/mol. The molecule has 0 aliphatic carbocycles. The average molecular weight is 217 g/mol. The summed E-state index contributed by atoms with van der Waals surface area (Å²) in [6.45, 7) is 0. The molecule has 0 bridgehead atoms. The van der Waals surface area contributed by atoms with Crippen LogP contribution in [0.15, 0.2) is 36.8 Å². The van der Waals surface area contributed by atoms with Gasteiger partial charge in [-0.2, -0.15) is 10.2 Å². The summed E-state index contributed by atoms with van der Waals surface area (Å²) in [7, 11) is 1.54. The zero-order chi connectivity index (χ0) is 11.4. The first-order valence-electron chi connectivity index (χ1n) is 4.76. The van der Waals surface area contributed by atoms with Gasteiger partial charge in [-0.3, -0.25) is 4.98 Å². The fourth-order valence-corrected chi connectivity index (χ4v) is 1.40. The predicted octanol–water partition coefficient (Wildman–Crippen LogP) is 0.962. The quantitative estimate of drug-likeness (QED) is 0.829. The van der Waals surface area contributed by atoms with E-state index in [0.717, 1.165) is 0 Å². The third-order valence-corrected chi connectivity index (χ3v) is 2.20. The molecule has 0 aliphatic heterocycles. The van der Waals surface area contributed by atoms with Gasteiger partial charge in [0.25, 0.3) is 0 Å². The molecule has 16 heavy (non-hydrogen) atoms. The molecule has 2 aromatic rings. The van der Waals surface area contributed by atoms with Gasteiger partial charge in [-0.05, 0) is 18.2 Å². The second kappa shape index (κ2) is 4.67. The van der Waals surface area contributed by atoms with Gasteiger partial charge in [0, 0.05) is 18.0 Å². The minimum Gasteiger partial charge on any atom is -0.495 e. The average Bonchev–Trinajstić information content (AvgIpc) is 2.39. The highest BCUT2D eigenvalue weighted by molar-refractivity contribution is 5.33. The monoisotopic (exact) mass is 217 g/mol. The lowest BCUT2D eigenvalue weighted by Gasteiger charge is -2.12. The van der Waals surface area contributed by atoms with Crippen LogP contribution in [0.2, 0.25) is 0 Å². The van der Waals surface area contributed by atoms with E-state index in [1.54, 1.807) is 24.4 Å². The van der Waals surface area contributed by atoms with E-state index in [9.17, 15) is 5.11 Å². The van der Waals surface area contributed by atoms with Gasteiger partial charge in [0.2, 0.25) is 0 Å². The fourth-order valence-electron chi connectivity index (χ4n) is 1.40. The van der Waals surface area contributed by atoms with Crippen LogP contribution in [-0.2, 0) is 0 Å². The van der Waals surface area contributed by atoms with Gasteiger partial charge in [0.05, 0.1) is 13.3 Å². The van der Waals surface area contributed by atoms with E-state index < -0.39 is 6.10 Å². The first kappa shape index (κ1) is 10.5. The molecule has 1 unspecified atom stereocenters. The molecule has 5 heteroatoms. The zero-order valence-electron chi connectivity index (χ0n) is 8.74. The lowest BCUT2D eigenvalue weighted by molar-refractivity contribution is 0.208. The number of aliphatic hydroxyl groups is 1. The highest BCUT2D eigenvalue weighted by Gasteiger charge is 2.16. The Bertz CT molecular complexity index is 462. The highest BCUT2D eigenvalue weighted by Crippen LogP contribution is 2.26. The first-order valence-corrected chi connectivity index (χ1v) is 4.76. The van der Waals surface area contributed by atoms with E-state index in [1.165, 1.54) is 19.5 Å². The van der Waals surface area contributed by atoms with Gasteiger partial charge >= 0.3 is 0 Å². The van der Waals surface area contributed by atoms with Gasteiger partial charge in [0.15, 0.2) is 0 Å². The lowest BCUT2D eigenvalue weighted by Crippen LogP contribution is -2.05. The molecule has 0 spiro atoms. The number of pyridine rings is 1. The normalized spacial score (nSPS) is 12.1. The van der Waals surface area contributed by atoms with E-state index in [4.69, 9.17) is 4.74 Å². The third-order valence-electron chi connectivity index (χ3n) is 2.20. The van der Waals surface area contributed by atoms with Crippen molar-refractivity contribution >= 4 is 0 Å². The Kier molecular flexibility index (Phi) is 3.07. The van der Waals surface area contributed by atoms with Crippen LogP contribution in [0.1, 0.15) is 17.4 Å². The summed E-state index contributed by atoms with van der Waals surface area (Å²) >= 11 is 0. The number of aliphatic hydroxyl groups excluding tert-OH is 1. The summed E-state index contributed by atoms with van der Waals surface area (Å²) in [5, 5.41) is 17.5. The molecule has 2 rings (SSSR count). The van der Waals surface area contributed by atoms with Crippen LogP contribution in [0.3, 0.4) is 0 Å². The van der Waals surface area contributed by atoms with Crippen LogP contribution < -0.4 is 4.74 Å². The van der Waals surface area contributed by atoms with Crippen molar-refractivity contribution in [1.82, 2.24) is 15.2 Å². The molecule has 0 saturated carbocycles. The van der Waals surface area contributed by atoms with Crippen molar-refractivity contribution < 1.29 is 9.84 Å². The maximum atomic E-state index is 10.1. The molecule has 0 aromatic carbocycles. The number of hydrogen-bond donors (Lipinski definition) is 1. The van der Waals surface area contributed by atoms with Gasteiger partial charge < -0.3 is 9.84 Å². The Morgan fingerprint density at radius 2 is 2.12 bits per heavy atom. The van der Waals surface area contributed by atoms with E-state index in [2.05, 4.69) is 15.2 Å². The minimum absolute atomic E-state index is 0.470. The van der Waals surface area contributed by atoms with E-state index >= 15 is 0 Å². The molecule has 5 nitrogen and oxygen atoms in total. The van der Waals surface area contributed by atoms with Gasteiger partial charge in [-0.15, -0.1) is 0 Å². The molecule has 1 atom stereocenters. The standard InChI is InChI=1S/C11H11N3O2/c1-16-9-3-2-5-12-10(9)11(15)8-4-6-13-14-7-8/h2-7,11,15H,1H3. The fraction of sp³-hybridized carbons (Fsp3) is 0.182. The van der Waals surface area contributed by atoms with Gasteiger partial charge in [-0.1, -0.05) is 0 Å². The zero-order valence-corrected chi connectivity index (χ0v) is 8.74. The van der Waals surface area contributed by atoms with Crippen molar-refractivity contribution in [3.63, 3.8) is 0 Å². The highest BCUT2D eigenvalue weighted by atomic mass is 16.5. The number of methoxy groups -OCH3 is 1. The number of rotatable bonds is 3. The predicted molar refractivity (Wildman–Crippen MR) is 56.9 cm³/mol. The summed E-state index contributed by atoms with van der Waals surface area (Å²) < 4.78 is 5.13. The maximum Gasteiger partial charge on any atom is 0.143 e. The molecular formula is C11H11N3O2. The van der Waals surface area contributed by atoms with Crippen LogP contribution >= 0.6 is 0 Å². The Morgan fingerprint density at radius 3 is 2.81 bits per heavy atom. The van der Waals surface area contributed by atoms with Crippen molar-refractivity contribution in [3.8, 4) is 5.75 Å². The largest absolute Gasteiger partial charge is 0.495 e. The van der Waals surface area contributed by atoms with Crippen molar-refractivity contribution in [2.75, 3.05) is 7.11 Å². The smallest absolute Gasteiger partial charge is 0.143 e. The van der Waals surface area contributed by atoms with E-state index in [1.807, 2.05) is 0 Å². The van der Waals surface area contributed by atoms with Crippen molar-refractivity contribution in [1.29, 1.82) is 0 Å². The topological polar surface area (TPSA) is 68.1 Å². The second-order valence-electron chi connectivity index (χ2n) is 3.17. The van der Waals surface area contributed by atoms with E-state index in [0.29, 0.717) is 17.0 Å². The van der Waals surface area contributed by atoms with Gasteiger partial charge in [0.1, 0.15) is 17.5 Å². The molecule has 2 heterocycles. The number of ether oxygens (including phenoxy) is 1. The molecule has 0 radical (unpaired) electrons. The third kappa shape index (κ3) is 1.99. The minimum atomic E-state index is -0.855. The summed E-state index contributed by atoms with van der Waals surface area (Å²) in [5.74, 6) is 0.548. The number of nitrogens with zero attached hydrogens (tertiary/aromatic N) is 3. The Balaban J connectivity index is 2.37. The molecule has 82 valence electrons. The molecule has 0 fully saturated rings. The summed E-state index contributed by atoms with van der Waals surface area (Å²) in [5.41, 5.74) is 1.10. The van der Waals surface area contributed by atoms with Crippen molar-refractivity contribution in [3.05, 3.63) is 48.0 Å². The second-order valence-corrected chi connectivity index (χ2v) is 3.17.